The number of hydrogen-bond donors (Lipinski definition) is 2. The van der Waals surface area contributed by atoms with Gasteiger partial charge in [-0.05, 0) is 61.7 Å². The largest absolute Gasteiger partial charge is 0.384 e. The maximum absolute atomic E-state index is 13.0. The molecule has 2 aromatic heterocycles. The quantitative estimate of drug-likeness (QED) is 0.446. The van der Waals surface area contributed by atoms with Crippen LogP contribution in [0.25, 0.3) is 16.6 Å². The second kappa shape index (κ2) is 8.39. The van der Waals surface area contributed by atoms with Crippen LogP contribution < -0.4 is 10.5 Å². The van der Waals surface area contributed by atoms with Gasteiger partial charge in [0.15, 0.2) is 0 Å². The van der Waals surface area contributed by atoms with E-state index < -0.39 is 10.0 Å². The van der Waals surface area contributed by atoms with Crippen molar-refractivity contribution in [2.45, 2.75) is 38.0 Å². The van der Waals surface area contributed by atoms with Crippen LogP contribution in [0.5, 0.6) is 0 Å². The Hall–Kier alpha value is -3.39. The topological polar surface area (TPSA) is 103 Å². The molecule has 0 spiro atoms. The van der Waals surface area contributed by atoms with Gasteiger partial charge in [-0.15, -0.1) is 0 Å². The molecule has 0 amide bonds. The number of sulfonamides is 1. The number of anilines is 2. The molecule has 3 N–H and O–H groups in total. The van der Waals surface area contributed by atoms with Crippen molar-refractivity contribution in [2.24, 2.45) is 0 Å². The molecule has 0 aliphatic carbocycles. The number of nitrogens with two attached hydrogens (primary N) is 1. The van der Waals surface area contributed by atoms with Crippen molar-refractivity contribution in [3.05, 3.63) is 71.9 Å². The average Bonchev–Trinajstić information content (AvgIpc) is 3.11. The van der Waals surface area contributed by atoms with E-state index in [1.165, 1.54) is 0 Å². The molecule has 0 radical (unpaired) electrons. The van der Waals surface area contributed by atoms with Crippen LogP contribution in [0.3, 0.4) is 0 Å². The molecule has 0 saturated carbocycles. The summed E-state index contributed by atoms with van der Waals surface area (Å²) in [4.78, 5) is 4.56. The van der Waals surface area contributed by atoms with E-state index in [0.29, 0.717) is 28.5 Å². The summed E-state index contributed by atoms with van der Waals surface area (Å²) in [6.07, 6.45) is 3.12. The number of nitrogens with one attached hydrogen (secondary N) is 1. The van der Waals surface area contributed by atoms with Crippen molar-refractivity contribution in [1.29, 1.82) is 0 Å². The molecule has 2 heterocycles. The molecule has 160 valence electrons. The van der Waals surface area contributed by atoms with Gasteiger partial charge in [0.2, 0.25) is 0 Å². The number of nitrogens with zero attached hydrogens (tertiary/aromatic N) is 3. The molecular weight excluding hydrogens is 410 g/mol. The van der Waals surface area contributed by atoms with Crippen LogP contribution in [0.15, 0.2) is 65.6 Å². The Balaban J connectivity index is 1.70. The lowest BCUT2D eigenvalue weighted by molar-refractivity contribution is 0.600. The van der Waals surface area contributed by atoms with Gasteiger partial charge in [0, 0.05) is 11.5 Å². The van der Waals surface area contributed by atoms with Gasteiger partial charge in [-0.3, -0.25) is 4.72 Å². The van der Waals surface area contributed by atoms with Gasteiger partial charge < -0.3 is 5.73 Å². The van der Waals surface area contributed by atoms with E-state index in [-0.39, 0.29) is 4.90 Å². The minimum Gasteiger partial charge on any atom is -0.384 e. The molecule has 0 saturated heterocycles. The number of nitrogen functional groups attached to an aromatic ring is 1. The van der Waals surface area contributed by atoms with E-state index >= 15 is 0 Å². The van der Waals surface area contributed by atoms with Crippen LogP contribution in [0.2, 0.25) is 0 Å². The Morgan fingerprint density at radius 2 is 1.84 bits per heavy atom. The standard InChI is InChI=1S/C23H25N5O2S/c1-3-4-6-17-9-11-18(12-10-17)31(29,30)27-23-15-16(2)26-28(23)21-8-5-7-20-19(21)13-14-22(24)25-20/h5,7-15,27H,3-4,6H2,1-2H3,(H2,24,25). The zero-order chi connectivity index (χ0) is 22.0. The Bertz CT molecular complexity index is 1330. The highest BCUT2D eigenvalue weighted by atomic mass is 32.2. The number of pyridine rings is 1. The van der Waals surface area contributed by atoms with E-state index in [4.69, 9.17) is 5.73 Å². The number of rotatable bonds is 7. The third-order valence-electron chi connectivity index (χ3n) is 5.08. The van der Waals surface area contributed by atoms with E-state index in [1.54, 1.807) is 28.9 Å². The van der Waals surface area contributed by atoms with Crippen molar-refractivity contribution in [3.8, 4) is 5.69 Å². The van der Waals surface area contributed by atoms with E-state index in [1.807, 2.05) is 43.3 Å². The third kappa shape index (κ3) is 4.39. The highest BCUT2D eigenvalue weighted by Gasteiger charge is 2.19. The van der Waals surface area contributed by atoms with Crippen molar-refractivity contribution in [1.82, 2.24) is 14.8 Å². The van der Waals surface area contributed by atoms with Gasteiger partial charge >= 0.3 is 0 Å². The molecule has 0 fully saturated rings. The fourth-order valence-corrected chi connectivity index (χ4v) is 4.54. The van der Waals surface area contributed by atoms with E-state index in [9.17, 15) is 8.42 Å². The predicted octanol–water partition coefficient (Wildman–Crippen LogP) is 4.45. The number of hydrogen-bond acceptors (Lipinski definition) is 5. The highest BCUT2D eigenvalue weighted by Crippen LogP contribution is 2.27. The number of benzene rings is 2. The molecule has 0 bridgehead atoms. The molecule has 31 heavy (non-hydrogen) atoms. The van der Waals surface area contributed by atoms with Gasteiger partial charge in [-0.1, -0.05) is 31.5 Å². The molecule has 2 aromatic carbocycles. The highest BCUT2D eigenvalue weighted by molar-refractivity contribution is 7.92. The average molecular weight is 436 g/mol. The number of unbranched alkanes of at least 4 members (excludes halogenated alkanes) is 1. The first-order chi connectivity index (χ1) is 14.9. The van der Waals surface area contributed by atoms with Gasteiger partial charge in [0.05, 0.1) is 21.8 Å². The Labute approximate surface area is 182 Å². The van der Waals surface area contributed by atoms with Crippen molar-refractivity contribution < 1.29 is 8.42 Å². The molecule has 0 aliphatic heterocycles. The molecule has 0 unspecified atom stereocenters. The maximum Gasteiger partial charge on any atom is 0.263 e. The monoisotopic (exact) mass is 435 g/mol. The fraction of sp³-hybridized carbons (Fsp3) is 0.217. The zero-order valence-corrected chi connectivity index (χ0v) is 18.4. The summed E-state index contributed by atoms with van der Waals surface area (Å²) in [5.74, 6) is 0.779. The fourth-order valence-electron chi connectivity index (χ4n) is 3.51. The lowest BCUT2D eigenvalue weighted by Crippen LogP contribution is -2.16. The minimum atomic E-state index is -3.77. The van der Waals surface area contributed by atoms with Gasteiger partial charge in [0.1, 0.15) is 11.6 Å². The summed E-state index contributed by atoms with van der Waals surface area (Å²) in [6, 6.07) is 17.9. The van der Waals surface area contributed by atoms with Crippen molar-refractivity contribution in [3.63, 3.8) is 0 Å². The Kier molecular flexibility index (Phi) is 5.65. The second-order valence-corrected chi connectivity index (χ2v) is 9.20. The van der Waals surface area contributed by atoms with Crippen LogP contribution >= 0.6 is 0 Å². The summed E-state index contributed by atoms with van der Waals surface area (Å²) in [5.41, 5.74) is 9.05. The smallest absolute Gasteiger partial charge is 0.263 e. The summed E-state index contributed by atoms with van der Waals surface area (Å²) in [5, 5.41) is 5.33. The molecule has 0 atom stereocenters. The lowest BCUT2D eigenvalue weighted by atomic mass is 10.1. The number of fused-ring (bicyclic) bond motifs is 1. The third-order valence-corrected chi connectivity index (χ3v) is 6.45. The van der Waals surface area contributed by atoms with Gasteiger partial charge in [0.25, 0.3) is 10.0 Å². The molecule has 4 rings (SSSR count). The normalized spacial score (nSPS) is 11.7. The number of aromatic nitrogens is 3. The van der Waals surface area contributed by atoms with Gasteiger partial charge in [-0.2, -0.15) is 5.10 Å². The lowest BCUT2D eigenvalue weighted by Gasteiger charge is -2.13. The first-order valence-electron chi connectivity index (χ1n) is 10.2. The van der Waals surface area contributed by atoms with Crippen LogP contribution in [-0.2, 0) is 16.4 Å². The first kappa shape index (κ1) is 20.9. The SMILES string of the molecule is CCCCc1ccc(S(=O)(=O)Nc2cc(C)nn2-c2cccc3nc(N)ccc23)cc1. The Morgan fingerprint density at radius 1 is 1.06 bits per heavy atom. The molecular formula is C23H25N5O2S. The second-order valence-electron chi connectivity index (χ2n) is 7.52. The molecule has 0 aliphatic rings. The van der Waals surface area contributed by atoms with Crippen LogP contribution in [-0.4, -0.2) is 23.2 Å². The Morgan fingerprint density at radius 3 is 2.58 bits per heavy atom. The summed E-state index contributed by atoms with van der Waals surface area (Å²) >= 11 is 0. The van der Waals surface area contributed by atoms with Crippen molar-refractivity contribution >= 4 is 32.6 Å². The molecule has 4 aromatic rings. The van der Waals surface area contributed by atoms with Gasteiger partial charge in [-0.25, -0.2) is 18.1 Å². The summed E-state index contributed by atoms with van der Waals surface area (Å²) in [6.45, 7) is 3.95. The van der Waals surface area contributed by atoms with E-state index in [2.05, 4.69) is 21.7 Å². The van der Waals surface area contributed by atoms with Crippen LogP contribution in [0, 0.1) is 6.92 Å². The number of aryl methyl sites for hydroxylation is 2. The maximum atomic E-state index is 13.0. The summed E-state index contributed by atoms with van der Waals surface area (Å²) in [7, 11) is -3.77. The summed E-state index contributed by atoms with van der Waals surface area (Å²) < 4.78 is 30.4. The minimum absolute atomic E-state index is 0.213. The molecule has 8 heteroatoms. The van der Waals surface area contributed by atoms with Crippen molar-refractivity contribution in [2.75, 3.05) is 10.5 Å². The molecule has 7 nitrogen and oxygen atoms in total. The van der Waals surface area contributed by atoms with Crippen LogP contribution in [0.4, 0.5) is 11.6 Å². The first-order valence-corrected chi connectivity index (χ1v) is 11.7. The zero-order valence-electron chi connectivity index (χ0n) is 17.5. The van der Waals surface area contributed by atoms with Crippen LogP contribution in [0.1, 0.15) is 31.0 Å². The van der Waals surface area contributed by atoms with E-state index in [0.717, 1.165) is 30.2 Å². The predicted molar refractivity (Wildman–Crippen MR) is 124 cm³/mol.